The quantitative estimate of drug-likeness (QED) is 0.657. The maximum atomic E-state index is 11.7. The van der Waals surface area contributed by atoms with Crippen molar-refractivity contribution in [1.29, 1.82) is 0 Å². The molecule has 1 N–H and O–H groups in total. The van der Waals surface area contributed by atoms with E-state index < -0.39 is 5.91 Å². The van der Waals surface area contributed by atoms with Crippen molar-refractivity contribution >= 4 is 51.6 Å². The first kappa shape index (κ1) is 15.9. The van der Waals surface area contributed by atoms with Crippen LogP contribution >= 0.6 is 23.4 Å². The van der Waals surface area contributed by atoms with E-state index in [0.717, 1.165) is 33.8 Å². The van der Waals surface area contributed by atoms with Crippen molar-refractivity contribution in [2.45, 2.75) is 6.92 Å². The molecule has 1 aliphatic heterocycles. The number of amides is 2. The highest BCUT2D eigenvalue weighted by Gasteiger charge is 2.25. The third-order valence-electron chi connectivity index (χ3n) is 3.84. The Morgan fingerprint density at radius 3 is 2.80 bits per heavy atom. The minimum atomic E-state index is -0.417. The molecule has 0 radical (unpaired) electrons. The number of nitrogens with zero attached hydrogens (tertiary/aromatic N) is 1. The van der Waals surface area contributed by atoms with Gasteiger partial charge in [-0.15, -0.1) is 0 Å². The summed E-state index contributed by atoms with van der Waals surface area (Å²) in [6, 6.07) is 7.54. The fourth-order valence-electron chi connectivity index (χ4n) is 2.57. The third kappa shape index (κ3) is 2.94. The lowest BCUT2D eigenvalue weighted by molar-refractivity contribution is -0.115. The van der Waals surface area contributed by atoms with Crippen LogP contribution < -0.4 is 5.32 Å². The number of benzene rings is 1. The van der Waals surface area contributed by atoms with Crippen LogP contribution in [0.15, 0.2) is 46.0 Å². The largest absolute Gasteiger partial charge is 0.456 e. The Bertz CT molecular complexity index is 1070. The third-order valence-corrected chi connectivity index (χ3v) is 5.06. The van der Waals surface area contributed by atoms with E-state index in [1.54, 1.807) is 24.5 Å². The molecule has 0 spiro atoms. The van der Waals surface area contributed by atoms with Crippen LogP contribution in [0.5, 0.6) is 0 Å². The number of thioether (sulfide) groups is 1. The summed E-state index contributed by atoms with van der Waals surface area (Å²) in [5.41, 5.74) is 3.34. The number of aryl methyl sites for hydroxylation is 1. The summed E-state index contributed by atoms with van der Waals surface area (Å²) in [6.07, 6.45) is 4.95. The first-order valence-corrected chi connectivity index (χ1v) is 8.59. The minimum absolute atomic E-state index is 0.303. The van der Waals surface area contributed by atoms with Gasteiger partial charge in [0, 0.05) is 34.4 Å². The normalized spacial score (nSPS) is 16.0. The van der Waals surface area contributed by atoms with Crippen molar-refractivity contribution in [3.63, 3.8) is 0 Å². The molecular formula is C18H11ClN2O3S. The Morgan fingerprint density at radius 1 is 1.24 bits per heavy atom. The molecule has 1 aromatic carbocycles. The number of nitrogens with one attached hydrogen (secondary N) is 1. The maximum Gasteiger partial charge on any atom is 0.290 e. The van der Waals surface area contributed by atoms with Gasteiger partial charge in [0.05, 0.1) is 4.91 Å². The van der Waals surface area contributed by atoms with Gasteiger partial charge in [-0.05, 0) is 41.9 Å². The van der Waals surface area contributed by atoms with Crippen molar-refractivity contribution in [2.24, 2.45) is 0 Å². The number of carbonyl (C=O) groups is 2. The van der Waals surface area contributed by atoms with Crippen molar-refractivity contribution in [1.82, 2.24) is 10.3 Å². The second kappa shape index (κ2) is 6.06. The summed E-state index contributed by atoms with van der Waals surface area (Å²) in [4.78, 5) is 27.5. The van der Waals surface area contributed by atoms with Gasteiger partial charge in [0.1, 0.15) is 11.3 Å². The number of furan rings is 1. The predicted octanol–water partition coefficient (Wildman–Crippen LogP) is 4.78. The van der Waals surface area contributed by atoms with Crippen LogP contribution in [-0.2, 0) is 4.79 Å². The summed E-state index contributed by atoms with van der Waals surface area (Å²) in [5.74, 6) is 0.0638. The van der Waals surface area contributed by atoms with E-state index in [1.807, 2.05) is 25.1 Å². The van der Waals surface area contributed by atoms with Crippen LogP contribution in [0.2, 0.25) is 5.02 Å². The molecule has 0 saturated carbocycles. The van der Waals surface area contributed by atoms with E-state index in [-0.39, 0.29) is 5.24 Å². The Labute approximate surface area is 152 Å². The molecule has 5 nitrogen and oxygen atoms in total. The van der Waals surface area contributed by atoms with Gasteiger partial charge in [-0.25, -0.2) is 0 Å². The zero-order valence-corrected chi connectivity index (χ0v) is 14.6. The lowest BCUT2D eigenvalue weighted by Gasteiger charge is -2.04. The molecule has 0 bridgehead atoms. The summed E-state index contributed by atoms with van der Waals surface area (Å²) in [6.45, 7) is 1.94. The lowest BCUT2D eigenvalue weighted by Crippen LogP contribution is -2.17. The van der Waals surface area contributed by atoms with E-state index in [0.29, 0.717) is 21.3 Å². The SMILES string of the molecule is Cc1ccc(-c2cncc3cc(C=C4SC(=O)NC4=O)oc23)cc1Cl. The highest BCUT2D eigenvalue weighted by molar-refractivity contribution is 8.18. The van der Waals surface area contributed by atoms with Gasteiger partial charge >= 0.3 is 0 Å². The lowest BCUT2D eigenvalue weighted by atomic mass is 10.0. The fraction of sp³-hybridized carbons (Fsp3) is 0.0556. The summed E-state index contributed by atoms with van der Waals surface area (Å²) in [5, 5.41) is 3.30. The molecule has 1 aliphatic rings. The minimum Gasteiger partial charge on any atom is -0.456 e. The standard InChI is InChI=1S/C18H11ClN2O3S/c1-9-2-3-10(5-14(9)19)13-8-20-7-11-4-12(24-16(11)13)6-15-17(22)21-18(23)25-15/h2-8H,1H3,(H,21,22,23). The van der Waals surface area contributed by atoms with E-state index in [2.05, 4.69) is 10.3 Å². The Morgan fingerprint density at radius 2 is 2.08 bits per heavy atom. The van der Waals surface area contributed by atoms with Crippen LogP contribution in [0.25, 0.3) is 28.2 Å². The molecule has 3 aromatic rings. The van der Waals surface area contributed by atoms with Crippen LogP contribution in [-0.4, -0.2) is 16.1 Å². The number of pyridine rings is 1. The number of rotatable bonds is 2. The summed E-state index contributed by atoms with van der Waals surface area (Å²) < 4.78 is 5.91. The van der Waals surface area contributed by atoms with E-state index in [4.69, 9.17) is 16.0 Å². The molecule has 124 valence electrons. The zero-order valence-electron chi connectivity index (χ0n) is 13.0. The molecule has 0 atom stereocenters. The van der Waals surface area contributed by atoms with Crippen LogP contribution in [0.1, 0.15) is 11.3 Å². The first-order valence-electron chi connectivity index (χ1n) is 7.40. The molecule has 1 fully saturated rings. The molecule has 25 heavy (non-hydrogen) atoms. The maximum absolute atomic E-state index is 11.7. The summed E-state index contributed by atoms with van der Waals surface area (Å²) >= 11 is 7.07. The number of imide groups is 1. The molecular weight excluding hydrogens is 360 g/mol. The molecule has 0 unspecified atom stereocenters. The second-order valence-corrected chi connectivity index (χ2v) is 6.99. The first-order chi connectivity index (χ1) is 12.0. The van der Waals surface area contributed by atoms with Crippen molar-refractivity contribution in [3.05, 3.63) is 57.9 Å². The molecule has 2 aromatic heterocycles. The summed E-state index contributed by atoms with van der Waals surface area (Å²) in [7, 11) is 0. The number of fused-ring (bicyclic) bond motifs is 1. The van der Waals surface area contributed by atoms with Gasteiger partial charge in [0.15, 0.2) is 0 Å². The van der Waals surface area contributed by atoms with Crippen LogP contribution in [0.3, 0.4) is 0 Å². The molecule has 1 saturated heterocycles. The topological polar surface area (TPSA) is 72.2 Å². The van der Waals surface area contributed by atoms with Gasteiger partial charge in [-0.1, -0.05) is 23.7 Å². The van der Waals surface area contributed by atoms with Gasteiger partial charge in [-0.3, -0.25) is 19.9 Å². The average Bonchev–Trinajstić information content (AvgIpc) is 3.12. The molecule has 3 heterocycles. The fourth-order valence-corrected chi connectivity index (χ4v) is 3.41. The van der Waals surface area contributed by atoms with Crippen molar-refractivity contribution in [3.8, 4) is 11.1 Å². The molecule has 0 aliphatic carbocycles. The van der Waals surface area contributed by atoms with Crippen LogP contribution in [0, 0.1) is 6.92 Å². The molecule has 7 heteroatoms. The van der Waals surface area contributed by atoms with Crippen molar-refractivity contribution < 1.29 is 14.0 Å². The van der Waals surface area contributed by atoms with Gasteiger partial charge in [0.2, 0.25) is 0 Å². The highest BCUT2D eigenvalue weighted by atomic mass is 35.5. The smallest absolute Gasteiger partial charge is 0.290 e. The number of carbonyl (C=O) groups excluding carboxylic acids is 2. The highest BCUT2D eigenvalue weighted by Crippen LogP contribution is 2.34. The van der Waals surface area contributed by atoms with Crippen LogP contribution in [0.4, 0.5) is 4.79 Å². The monoisotopic (exact) mass is 370 g/mol. The van der Waals surface area contributed by atoms with E-state index in [1.165, 1.54) is 0 Å². The van der Waals surface area contributed by atoms with E-state index in [9.17, 15) is 9.59 Å². The Balaban J connectivity index is 1.81. The Hall–Kier alpha value is -2.57. The molecule has 4 rings (SSSR count). The van der Waals surface area contributed by atoms with Gasteiger partial charge in [0.25, 0.3) is 11.1 Å². The number of halogens is 1. The van der Waals surface area contributed by atoms with Gasteiger partial charge < -0.3 is 4.42 Å². The van der Waals surface area contributed by atoms with Gasteiger partial charge in [-0.2, -0.15) is 0 Å². The number of aromatic nitrogens is 1. The zero-order chi connectivity index (χ0) is 17.6. The van der Waals surface area contributed by atoms with E-state index >= 15 is 0 Å². The second-order valence-electron chi connectivity index (χ2n) is 5.57. The molecule has 2 amide bonds. The average molecular weight is 371 g/mol. The Kier molecular flexibility index (Phi) is 3.86. The number of hydrogen-bond donors (Lipinski definition) is 1. The number of hydrogen-bond acceptors (Lipinski definition) is 5. The van der Waals surface area contributed by atoms with Crippen molar-refractivity contribution in [2.75, 3.05) is 0 Å². The predicted molar refractivity (Wildman–Crippen MR) is 98.3 cm³/mol.